The monoisotopic (exact) mass is 410 g/mol. The number of fused-ring (bicyclic) bond motifs is 1. The van der Waals surface area contributed by atoms with E-state index in [1.807, 2.05) is 0 Å². The first-order valence-corrected chi connectivity index (χ1v) is 7.70. The molecule has 0 unspecified atom stereocenters. The fraction of sp³-hybridized carbons (Fsp3) is 0. The van der Waals surface area contributed by atoms with Gasteiger partial charge in [-0.05, 0) is 58.3 Å². The van der Waals surface area contributed by atoms with Gasteiger partial charge in [0, 0.05) is 20.1 Å². The molecular formula is C17H9ClFIO. The highest BCUT2D eigenvalue weighted by Gasteiger charge is 2.15. The first kappa shape index (κ1) is 14.5. The summed E-state index contributed by atoms with van der Waals surface area (Å²) in [5, 5.41) is 1.59. The molecule has 0 bridgehead atoms. The van der Waals surface area contributed by atoms with Gasteiger partial charge in [0.05, 0.1) is 5.02 Å². The molecule has 0 heterocycles. The third-order valence-corrected chi connectivity index (χ3v) is 4.87. The molecule has 3 rings (SSSR count). The molecule has 4 heteroatoms. The number of rotatable bonds is 2. The zero-order valence-electron chi connectivity index (χ0n) is 10.7. The number of ketones is 1. The van der Waals surface area contributed by atoms with Gasteiger partial charge in [0.1, 0.15) is 5.82 Å². The van der Waals surface area contributed by atoms with E-state index >= 15 is 0 Å². The van der Waals surface area contributed by atoms with E-state index in [0.29, 0.717) is 26.9 Å². The minimum absolute atomic E-state index is 0.162. The molecule has 0 aliphatic rings. The standard InChI is InChI=1S/C17H9ClFIO/c18-14-9-10(5-8-16(14)20)17(21)13-6-7-15(19)12-4-2-1-3-11(12)13/h1-9H. The maximum atomic E-state index is 13.8. The predicted octanol–water partition coefficient (Wildman–Crippen LogP) is 5.47. The van der Waals surface area contributed by atoms with Crippen molar-refractivity contribution in [2.24, 2.45) is 0 Å². The molecule has 21 heavy (non-hydrogen) atoms. The van der Waals surface area contributed by atoms with Crippen LogP contribution in [0.15, 0.2) is 54.6 Å². The fourth-order valence-corrected chi connectivity index (χ4v) is 2.77. The minimum atomic E-state index is -0.331. The molecule has 0 spiro atoms. The van der Waals surface area contributed by atoms with Crippen molar-refractivity contribution in [1.29, 1.82) is 0 Å². The van der Waals surface area contributed by atoms with Gasteiger partial charge in [-0.1, -0.05) is 35.9 Å². The average molecular weight is 411 g/mol. The van der Waals surface area contributed by atoms with E-state index in [0.717, 1.165) is 3.57 Å². The van der Waals surface area contributed by atoms with E-state index in [2.05, 4.69) is 22.6 Å². The highest BCUT2D eigenvalue weighted by Crippen LogP contribution is 2.26. The Morgan fingerprint density at radius 3 is 2.43 bits per heavy atom. The molecule has 0 aliphatic heterocycles. The maximum Gasteiger partial charge on any atom is 0.193 e. The number of hydrogen-bond acceptors (Lipinski definition) is 1. The second kappa shape index (κ2) is 5.73. The summed E-state index contributed by atoms with van der Waals surface area (Å²) in [5.74, 6) is -0.493. The second-order valence-corrected chi connectivity index (χ2v) is 6.17. The van der Waals surface area contributed by atoms with Crippen molar-refractivity contribution < 1.29 is 9.18 Å². The molecule has 0 N–H and O–H groups in total. The highest BCUT2D eigenvalue weighted by molar-refractivity contribution is 14.1. The van der Waals surface area contributed by atoms with Crippen molar-refractivity contribution in [3.8, 4) is 0 Å². The molecule has 0 fully saturated rings. The minimum Gasteiger partial charge on any atom is -0.289 e. The van der Waals surface area contributed by atoms with Gasteiger partial charge in [-0.25, -0.2) is 4.39 Å². The molecule has 0 aliphatic carbocycles. The molecule has 0 saturated carbocycles. The van der Waals surface area contributed by atoms with Gasteiger partial charge in [-0.3, -0.25) is 4.79 Å². The van der Waals surface area contributed by atoms with Crippen LogP contribution in [0.2, 0.25) is 5.02 Å². The van der Waals surface area contributed by atoms with Crippen molar-refractivity contribution in [2.75, 3.05) is 0 Å². The number of benzene rings is 3. The van der Waals surface area contributed by atoms with Crippen LogP contribution in [0.4, 0.5) is 4.39 Å². The smallest absolute Gasteiger partial charge is 0.193 e. The predicted molar refractivity (Wildman–Crippen MR) is 91.5 cm³/mol. The number of carbonyl (C=O) groups excluding carboxylic acids is 1. The summed E-state index contributed by atoms with van der Waals surface area (Å²) in [4.78, 5) is 12.7. The van der Waals surface area contributed by atoms with Gasteiger partial charge < -0.3 is 0 Å². The molecule has 0 radical (unpaired) electrons. The van der Waals surface area contributed by atoms with Gasteiger partial charge in [0.2, 0.25) is 0 Å². The van der Waals surface area contributed by atoms with E-state index in [1.54, 1.807) is 42.5 Å². The Morgan fingerprint density at radius 2 is 1.71 bits per heavy atom. The summed E-state index contributed by atoms with van der Waals surface area (Å²) in [6, 6.07) is 15.0. The Hall–Kier alpha value is -1.46. The zero-order valence-corrected chi connectivity index (χ0v) is 13.7. The van der Waals surface area contributed by atoms with Gasteiger partial charge in [0.15, 0.2) is 5.78 Å². The third kappa shape index (κ3) is 2.68. The van der Waals surface area contributed by atoms with Gasteiger partial charge in [0.25, 0.3) is 0 Å². The average Bonchev–Trinajstić information content (AvgIpc) is 2.50. The maximum absolute atomic E-state index is 13.8. The molecule has 3 aromatic carbocycles. The Morgan fingerprint density at radius 1 is 1.00 bits per heavy atom. The lowest BCUT2D eigenvalue weighted by Gasteiger charge is -2.07. The van der Waals surface area contributed by atoms with Crippen LogP contribution in [0.25, 0.3) is 10.8 Å². The third-order valence-electron chi connectivity index (χ3n) is 3.30. The van der Waals surface area contributed by atoms with Crippen LogP contribution in [-0.2, 0) is 0 Å². The van der Waals surface area contributed by atoms with Crippen LogP contribution in [0.5, 0.6) is 0 Å². The Kier molecular flexibility index (Phi) is 3.95. The van der Waals surface area contributed by atoms with Crippen molar-refractivity contribution in [3.63, 3.8) is 0 Å². The molecular weight excluding hydrogens is 402 g/mol. The fourth-order valence-electron chi connectivity index (χ4n) is 2.25. The lowest BCUT2D eigenvalue weighted by Crippen LogP contribution is -2.03. The summed E-state index contributed by atoms with van der Waals surface area (Å²) in [5.41, 5.74) is 0.974. The molecule has 3 aromatic rings. The van der Waals surface area contributed by atoms with E-state index in [9.17, 15) is 9.18 Å². The highest BCUT2D eigenvalue weighted by atomic mass is 127. The van der Waals surface area contributed by atoms with Gasteiger partial charge >= 0.3 is 0 Å². The molecule has 0 aromatic heterocycles. The van der Waals surface area contributed by atoms with Crippen molar-refractivity contribution in [2.45, 2.75) is 0 Å². The Bertz CT molecular complexity index is 861. The first-order chi connectivity index (χ1) is 10.1. The van der Waals surface area contributed by atoms with Crippen LogP contribution in [-0.4, -0.2) is 5.78 Å². The number of carbonyl (C=O) groups is 1. The number of halogens is 3. The summed E-state index contributed by atoms with van der Waals surface area (Å²) in [6.07, 6.45) is 0. The van der Waals surface area contributed by atoms with Gasteiger partial charge in [-0.15, -0.1) is 0 Å². The summed E-state index contributed by atoms with van der Waals surface area (Å²) in [6.45, 7) is 0. The van der Waals surface area contributed by atoms with Crippen molar-refractivity contribution in [3.05, 3.63) is 80.1 Å². The molecule has 1 nitrogen and oxygen atoms in total. The van der Waals surface area contributed by atoms with E-state index < -0.39 is 0 Å². The van der Waals surface area contributed by atoms with Crippen LogP contribution in [0.3, 0.4) is 0 Å². The van der Waals surface area contributed by atoms with Crippen LogP contribution < -0.4 is 0 Å². The first-order valence-electron chi connectivity index (χ1n) is 6.25. The SMILES string of the molecule is O=C(c1ccc(I)c(Cl)c1)c1ccc(F)c2ccccc12. The summed E-state index contributed by atoms with van der Waals surface area (Å²) in [7, 11) is 0. The van der Waals surface area contributed by atoms with E-state index in [1.165, 1.54) is 12.1 Å². The molecule has 0 amide bonds. The summed E-state index contributed by atoms with van der Waals surface area (Å²) < 4.78 is 14.7. The lowest BCUT2D eigenvalue weighted by atomic mass is 9.97. The van der Waals surface area contributed by atoms with Crippen LogP contribution >= 0.6 is 34.2 Å². The largest absolute Gasteiger partial charge is 0.289 e. The topological polar surface area (TPSA) is 17.1 Å². The van der Waals surface area contributed by atoms with Crippen molar-refractivity contribution in [1.82, 2.24) is 0 Å². The normalized spacial score (nSPS) is 10.8. The zero-order chi connectivity index (χ0) is 15.0. The summed E-state index contributed by atoms with van der Waals surface area (Å²) >= 11 is 8.17. The number of hydrogen-bond donors (Lipinski definition) is 0. The Labute approximate surface area is 139 Å². The van der Waals surface area contributed by atoms with Crippen LogP contribution in [0.1, 0.15) is 15.9 Å². The van der Waals surface area contributed by atoms with Crippen molar-refractivity contribution >= 4 is 50.7 Å². The van der Waals surface area contributed by atoms with Gasteiger partial charge in [-0.2, -0.15) is 0 Å². The van der Waals surface area contributed by atoms with E-state index in [4.69, 9.17) is 11.6 Å². The molecule has 0 saturated heterocycles. The van der Waals surface area contributed by atoms with Crippen LogP contribution in [0, 0.1) is 9.39 Å². The Balaban J connectivity index is 2.18. The molecule has 0 atom stereocenters. The lowest BCUT2D eigenvalue weighted by molar-refractivity contribution is 0.104. The van der Waals surface area contributed by atoms with E-state index in [-0.39, 0.29) is 11.6 Å². The second-order valence-electron chi connectivity index (χ2n) is 4.60. The quantitative estimate of drug-likeness (QED) is 0.404. The molecule has 104 valence electrons.